The zero-order valence-electron chi connectivity index (χ0n) is 11.6. The van der Waals surface area contributed by atoms with E-state index < -0.39 is 9.84 Å². The highest BCUT2D eigenvalue weighted by molar-refractivity contribution is 7.90. The maximum absolute atomic E-state index is 11.7. The number of halogens is 1. The van der Waals surface area contributed by atoms with E-state index in [1.165, 1.54) is 23.4 Å². The molecular weight excluding hydrogens is 306 g/mol. The average Bonchev–Trinajstić information content (AvgIpc) is 2.83. The number of nitrogens with one attached hydrogen (secondary N) is 1. The van der Waals surface area contributed by atoms with Gasteiger partial charge in [-0.2, -0.15) is 0 Å². The van der Waals surface area contributed by atoms with Crippen LogP contribution in [-0.2, 0) is 16.3 Å². The number of benzene rings is 2. The Labute approximate surface area is 129 Å². The van der Waals surface area contributed by atoms with Crippen molar-refractivity contribution in [1.29, 1.82) is 0 Å². The SMILES string of the molecule is CS(=O)(=O)c1ccc(Cl)c(NC2CCc3ccccc32)c1. The predicted molar refractivity (Wildman–Crippen MR) is 85.7 cm³/mol. The minimum absolute atomic E-state index is 0.175. The van der Waals surface area contributed by atoms with Gasteiger partial charge in [0, 0.05) is 6.26 Å². The van der Waals surface area contributed by atoms with Crippen LogP contribution < -0.4 is 5.32 Å². The van der Waals surface area contributed by atoms with Crippen LogP contribution in [0.1, 0.15) is 23.6 Å². The molecule has 21 heavy (non-hydrogen) atoms. The number of anilines is 1. The van der Waals surface area contributed by atoms with Crippen LogP contribution in [-0.4, -0.2) is 14.7 Å². The van der Waals surface area contributed by atoms with E-state index in [4.69, 9.17) is 11.6 Å². The fourth-order valence-electron chi connectivity index (χ4n) is 2.74. The maximum atomic E-state index is 11.7. The summed E-state index contributed by atoms with van der Waals surface area (Å²) >= 11 is 6.19. The second-order valence-electron chi connectivity index (χ2n) is 5.35. The molecule has 0 fully saturated rings. The van der Waals surface area contributed by atoms with Crippen molar-refractivity contribution >= 4 is 27.1 Å². The van der Waals surface area contributed by atoms with Gasteiger partial charge in [-0.1, -0.05) is 35.9 Å². The standard InChI is InChI=1S/C16H16ClNO2S/c1-21(19,20)12-7-8-14(17)16(10-12)18-15-9-6-11-4-2-3-5-13(11)15/h2-5,7-8,10,15,18H,6,9H2,1H3. The van der Waals surface area contributed by atoms with E-state index in [0.29, 0.717) is 10.7 Å². The van der Waals surface area contributed by atoms with Gasteiger partial charge in [0.2, 0.25) is 0 Å². The van der Waals surface area contributed by atoms with Crippen molar-refractivity contribution in [2.75, 3.05) is 11.6 Å². The van der Waals surface area contributed by atoms with E-state index in [2.05, 4.69) is 17.4 Å². The third kappa shape index (κ3) is 2.92. The quantitative estimate of drug-likeness (QED) is 0.934. The average molecular weight is 322 g/mol. The van der Waals surface area contributed by atoms with Gasteiger partial charge in [-0.05, 0) is 42.2 Å². The summed E-state index contributed by atoms with van der Waals surface area (Å²) in [5.41, 5.74) is 3.27. The van der Waals surface area contributed by atoms with Gasteiger partial charge in [0.25, 0.3) is 0 Å². The maximum Gasteiger partial charge on any atom is 0.175 e. The first-order valence-electron chi connectivity index (χ1n) is 6.79. The second-order valence-corrected chi connectivity index (χ2v) is 7.77. The third-order valence-corrected chi connectivity index (χ3v) is 5.27. The lowest BCUT2D eigenvalue weighted by Gasteiger charge is -2.17. The van der Waals surface area contributed by atoms with Crippen LogP contribution in [0.5, 0.6) is 0 Å². The molecule has 110 valence electrons. The molecule has 5 heteroatoms. The van der Waals surface area contributed by atoms with Gasteiger partial charge in [0.1, 0.15) is 0 Å². The summed E-state index contributed by atoms with van der Waals surface area (Å²) in [7, 11) is -3.23. The highest BCUT2D eigenvalue weighted by atomic mass is 35.5. The Morgan fingerprint density at radius 2 is 1.95 bits per heavy atom. The second kappa shape index (κ2) is 5.35. The Morgan fingerprint density at radius 3 is 2.71 bits per heavy atom. The van der Waals surface area contributed by atoms with E-state index in [0.717, 1.165) is 12.8 Å². The number of sulfone groups is 1. The third-order valence-electron chi connectivity index (χ3n) is 3.83. The Morgan fingerprint density at radius 1 is 1.19 bits per heavy atom. The van der Waals surface area contributed by atoms with Gasteiger partial charge in [-0.25, -0.2) is 8.42 Å². The highest BCUT2D eigenvalue weighted by Gasteiger charge is 2.22. The van der Waals surface area contributed by atoms with Crippen LogP contribution in [0.3, 0.4) is 0 Å². The lowest BCUT2D eigenvalue weighted by atomic mass is 10.1. The molecule has 1 atom stereocenters. The fourth-order valence-corrected chi connectivity index (χ4v) is 3.56. The molecule has 1 N–H and O–H groups in total. The lowest BCUT2D eigenvalue weighted by Crippen LogP contribution is -2.08. The number of fused-ring (bicyclic) bond motifs is 1. The zero-order chi connectivity index (χ0) is 15.0. The van der Waals surface area contributed by atoms with Crippen LogP contribution in [0.2, 0.25) is 5.02 Å². The first-order chi connectivity index (χ1) is 9.95. The van der Waals surface area contributed by atoms with E-state index in [1.54, 1.807) is 12.1 Å². The van der Waals surface area contributed by atoms with Crippen molar-refractivity contribution in [2.45, 2.75) is 23.8 Å². The molecule has 0 bridgehead atoms. The van der Waals surface area contributed by atoms with Crippen molar-refractivity contribution in [3.05, 3.63) is 58.6 Å². The molecule has 1 unspecified atom stereocenters. The summed E-state index contributed by atoms with van der Waals surface area (Å²) in [5, 5.41) is 3.92. The molecule has 3 nitrogen and oxygen atoms in total. The van der Waals surface area contributed by atoms with Gasteiger partial charge in [0.05, 0.1) is 21.6 Å². The number of hydrogen-bond acceptors (Lipinski definition) is 3. The zero-order valence-corrected chi connectivity index (χ0v) is 13.2. The molecule has 1 aliphatic rings. The summed E-state index contributed by atoms with van der Waals surface area (Å²) in [4.78, 5) is 0.278. The Balaban J connectivity index is 1.93. The van der Waals surface area contributed by atoms with Crippen molar-refractivity contribution in [2.24, 2.45) is 0 Å². The van der Waals surface area contributed by atoms with Gasteiger partial charge < -0.3 is 5.32 Å². The summed E-state index contributed by atoms with van der Waals surface area (Å²) < 4.78 is 23.3. The minimum atomic E-state index is -3.23. The molecule has 0 amide bonds. The number of rotatable bonds is 3. The lowest BCUT2D eigenvalue weighted by molar-refractivity contribution is 0.602. The Hall–Kier alpha value is -1.52. The monoisotopic (exact) mass is 321 g/mol. The summed E-state index contributed by atoms with van der Waals surface area (Å²) in [6.45, 7) is 0. The predicted octanol–water partition coefficient (Wildman–Crippen LogP) is 3.84. The van der Waals surface area contributed by atoms with E-state index in [-0.39, 0.29) is 10.9 Å². The normalized spacial score (nSPS) is 17.5. The number of aryl methyl sites for hydroxylation is 1. The molecule has 0 saturated heterocycles. The highest BCUT2D eigenvalue weighted by Crippen LogP contribution is 2.36. The van der Waals surface area contributed by atoms with Crippen LogP contribution in [0, 0.1) is 0 Å². The van der Waals surface area contributed by atoms with Crippen LogP contribution >= 0.6 is 11.6 Å². The first kappa shape index (κ1) is 14.4. The van der Waals surface area contributed by atoms with Crippen molar-refractivity contribution < 1.29 is 8.42 Å². The number of hydrogen-bond donors (Lipinski definition) is 1. The summed E-state index contributed by atoms with van der Waals surface area (Å²) in [5.74, 6) is 0. The van der Waals surface area contributed by atoms with Crippen LogP contribution in [0.15, 0.2) is 47.4 Å². The fraction of sp³-hybridized carbons (Fsp3) is 0.250. The molecular formula is C16H16ClNO2S. The van der Waals surface area contributed by atoms with Crippen molar-refractivity contribution in [3.63, 3.8) is 0 Å². The van der Waals surface area contributed by atoms with Gasteiger partial charge in [-0.3, -0.25) is 0 Å². The molecule has 3 rings (SSSR count). The molecule has 0 aromatic heterocycles. The molecule has 0 saturated carbocycles. The Bertz CT molecular complexity index is 787. The smallest absolute Gasteiger partial charge is 0.175 e. The van der Waals surface area contributed by atoms with Crippen molar-refractivity contribution in [1.82, 2.24) is 0 Å². The van der Waals surface area contributed by atoms with Crippen LogP contribution in [0.25, 0.3) is 0 Å². The summed E-state index contributed by atoms with van der Waals surface area (Å²) in [6.07, 6.45) is 3.21. The topological polar surface area (TPSA) is 46.2 Å². The largest absolute Gasteiger partial charge is 0.377 e. The van der Waals surface area contributed by atoms with E-state index >= 15 is 0 Å². The van der Waals surface area contributed by atoms with Gasteiger partial charge in [-0.15, -0.1) is 0 Å². The van der Waals surface area contributed by atoms with Crippen molar-refractivity contribution in [3.8, 4) is 0 Å². The van der Waals surface area contributed by atoms with Crippen LogP contribution in [0.4, 0.5) is 5.69 Å². The molecule has 0 spiro atoms. The first-order valence-corrected chi connectivity index (χ1v) is 9.06. The van der Waals surface area contributed by atoms with E-state index in [9.17, 15) is 8.42 Å². The van der Waals surface area contributed by atoms with Gasteiger partial charge in [0.15, 0.2) is 9.84 Å². The van der Waals surface area contributed by atoms with Gasteiger partial charge >= 0.3 is 0 Å². The molecule has 0 aliphatic heterocycles. The molecule has 2 aromatic rings. The molecule has 1 aliphatic carbocycles. The van der Waals surface area contributed by atoms with E-state index in [1.807, 2.05) is 12.1 Å². The molecule has 0 radical (unpaired) electrons. The minimum Gasteiger partial charge on any atom is -0.377 e. The molecule has 2 aromatic carbocycles. The molecule has 0 heterocycles. The summed E-state index contributed by atoms with van der Waals surface area (Å²) in [6, 6.07) is 13.2. The Kier molecular flexibility index (Phi) is 3.68.